The minimum Gasteiger partial charge on any atom is -1.00 e. The molecule has 0 bridgehead atoms. The number of nitrogens with zero attached hydrogens (tertiary/aromatic N) is 1. The number of carbonyl (C=O) groups excluding carboxylic acids is 1. The van der Waals surface area contributed by atoms with E-state index in [4.69, 9.17) is 0 Å². The quantitative estimate of drug-likeness (QED) is 0.156. The average Bonchev–Trinajstić information content (AvgIpc) is 2.61. The Morgan fingerprint density at radius 2 is 1.07 bits per heavy atom. The summed E-state index contributed by atoms with van der Waals surface area (Å²) in [5.74, 6) is 0.182. The van der Waals surface area contributed by atoms with Gasteiger partial charge in [-0.05, 0) is 18.9 Å². The molecule has 0 amide bonds. The predicted molar refractivity (Wildman–Crippen MR) is 117 cm³/mol. The van der Waals surface area contributed by atoms with Gasteiger partial charge >= 0.3 is 0 Å². The van der Waals surface area contributed by atoms with Gasteiger partial charge in [0.2, 0.25) is 0 Å². The normalized spacial score (nSPS) is 11.2. The number of unbranched alkanes of at least 4 members (excludes halogenated alkanes) is 13. The van der Waals surface area contributed by atoms with Crippen molar-refractivity contribution >= 4 is 5.78 Å². The molecule has 0 unspecified atom stereocenters. The first-order valence-corrected chi connectivity index (χ1v) is 11.5. The van der Waals surface area contributed by atoms with Gasteiger partial charge in [0.15, 0.2) is 5.78 Å². The predicted octanol–water partition coefficient (Wildman–Crippen LogP) is 4.08. The number of carbonyl (C=O) groups is 1. The van der Waals surface area contributed by atoms with E-state index in [1.54, 1.807) is 0 Å². The number of hydrogen-bond donors (Lipinski definition) is 0. The lowest BCUT2D eigenvalue weighted by Gasteiger charge is -2.29. The molecule has 0 aromatic carbocycles. The Balaban J connectivity index is 0. The Morgan fingerprint density at radius 3 is 1.48 bits per heavy atom. The zero-order chi connectivity index (χ0) is 19.5. The molecule has 0 saturated heterocycles. The van der Waals surface area contributed by atoms with Crippen molar-refractivity contribution in [3.8, 4) is 0 Å². The molecule has 0 aliphatic rings. The van der Waals surface area contributed by atoms with Crippen LogP contribution in [-0.4, -0.2) is 37.5 Å². The molecule has 3 heteroatoms. The van der Waals surface area contributed by atoms with Gasteiger partial charge in [0.1, 0.15) is 0 Å². The van der Waals surface area contributed by atoms with Gasteiger partial charge in [-0.15, -0.1) is 0 Å². The summed E-state index contributed by atoms with van der Waals surface area (Å²) in [6.45, 7) is 8.16. The highest BCUT2D eigenvalue weighted by molar-refractivity contribution is 5.88. The van der Waals surface area contributed by atoms with E-state index in [1.165, 1.54) is 103 Å². The van der Waals surface area contributed by atoms with Crippen LogP contribution in [0.1, 0.15) is 110 Å². The second kappa shape index (κ2) is 20.6. The van der Waals surface area contributed by atoms with E-state index in [9.17, 15) is 4.79 Å². The third-order valence-electron chi connectivity index (χ3n) is 5.53. The van der Waals surface area contributed by atoms with E-state index >= 15 is 0 Å². The summed E-state index contributed by atoms with van der Waals surface area (Å²) in [4.78, 5) is 11.3. The fraction of sp³-hybridized carbons (Fsp3) is 0.875. The van der Waals surface area contributed by atoms with Crippen molar-refractivity contribution in [2.75, 3.05) is 27.2 Å². The molecule has 0 aromatic rings. The molecule has 0 heterocycles. The Kier molecular flexibility index (Phi) is 22.1. The van der Waals surface area contributed by atoms with Crippen LogP contribution in [-0.2, 0) is 4.79 Å². The highest BCUT2D eigenvalue weighted by Gasteiger charge is 2.14. The van der Waals surface area contributed by atoms with Crippen molar-refractivity contribution in [1.82, 2.24) is 0 Å². The maximum absolute atomic E-state index is 11.3. The van der Waals surface area contributed by atoms with E-state index in [0.29, 0.717) is 6.42 Å². The average molecular weight is 447 g/mol. The largest absolute Gasteiger partial charge is 1.00 e. The van der Waals surface area contributed by atoms with Crippen LogP contribution in [0.4, 0.5) is 0 Å². The van der Waals surface area contributed by atoms with E-state index < -0.39 is 0 Å². The maximum atomic E-state index is 11.3. The molecule has 162 valence electrons. The van der Waals surface area contributed by atoms with Gasteiger partial charge in [0.25, 0.3) is 0 Å². The highest BCUT2D eigenvalue weighted by Crippen LogP contribution is 2.13. The van der Waals surface area contributed by atoms with Gasteiger partial charge in [0, 0.05) is 12.8 Å². The third kappa shape index (κ3) is 22.0. The zero-order valence-corrected chi connectivity index (χ0v) is 20.3. The fourth-order valence-electron chi connectivity index (χ4n) is 3.63. The summed E-state index contributed by atoms with van der Waals surface area (Å²) in [6.07, 6.45) is 22.9. The lowest BCUT2D eigenvalue weighted by molar-refractivity contribution is -0.890. The first-order chi connectivity index (χ1) is 12.5. The summed E-state index contributed by atoms with van der Waals surface area (Å²) >= 11 is 0. The molecular weight excluding hydrogens is 398 g/mol. The van der Waals surface area contributed by atoms with Crippen molar-refractivity contribution < 1.29 is 26.3 Å². The van der Waals surface area contributed by atoms with Crippen LogP contribution in [0.15, 0.2) is 12.7 Å². The first-order valence-electron chi connectivity index (χ1n) is 11.5. The van der Waals surface area contributed by atoms with Crippen molar-refractivity contribution in [2.45, 2.75) is 110 Å². The van der Waals surface area contributed by atoms with Gasteiger partial charge in [-0.25, -0.2) is 0 Å². The van der Waals surface area contributed by atoms with Gasteiger partial charge in [-0.2, -0.15) is 0 Å². The Bertz CT molecular complexity index is 341. The number of rotatable bonds is 20. The highest BCUT2D eigenvalue weighted by atomic mass is 79.9. The van der Waals surface area contributed by atoms with Crippen LogP contribution >= 0.6 is 0 Å². The molecule has 0 aliphatic heterocycles. The molecule has 0 N–H and O–H groups in total. The minimum atomic E-state index is 0. The van der Waals surface area contributed by atoms with Crippen LogP contribution in [0, 0.1) is 0 Å². The molecular formula is C24H48BrNO. The van der Waals surface area contributed by atoms with Crippen LogP contribution in [0.25, 0.3) is 0 Å². The molecule has 0 fully saturated rings. The molecule has 27 heavy (non-hydrogen) atoms. The Hall–Kier alpha value is -0.150. The summed E-state index contributed by atoms with van der Waals surface area (Å²) in [5.41, 5.74) is 0. The van der Waals surface area contributed by atoms with Gasteiger partial charge in [-0.3, -0.25) is 4.79 Å². The van der Waals surface area contributed by atoms with E-state index in [0.717, 1.165) is 17.4 Å². The number of halogens is 1. The first kappa shape index (κ1) is 29.1. The standard InChI is InChI=1S/C24H48NO.BrH/c1-5-7-8-9-10-11-12-13-14-15-16-17-18-19-22-25(3,4)23-20-21-24(26)6-2;/h6H,2,5,7-23H2,1,3-4H3;1H/q+1;/p-1. The SMILES string of the molecule is C=CC(=O)CCC[N+](C)(C)CCCCCCCCCCCCCCCC.[Br-]. The van der Waals surface area contributed by atoms with Crippen molar-refractivity contribution in [3.63, 3.8) is 0 Å². The van der Waals surface area contributed by atoms with Crippen molar-refractivity contribution in [2.24, 2.45) is 0 Å². The summed E-state index contributed by atoms with van der Waals surface area (Å²) in [7, 11) is 4.58. The molecule has 0 spiro atoms. The summed E-state index contributed by atoms with van der Waals surface area (Å²) in [5, 5.41) is 0. The molecule has 0 aromatic heterocycles. The lowest BCUT2D eigenvalue weighted by Crippen LogP contribution is -3.00. The van der Waals surface area contributed by atoms with E-state index in [2.05, 4.69) is 27.6 Å². The Morgan fingerprint density at radius 1 is 0.704 bits per heavy atom. The topological polar surface area (TPSA) is 17.1 Å². The number of allylic oxidation sites excluding steroid dienone is 1. The molecule has 2 nitrogen and oxygen atoms in total. The minimum absolute atomic E-state index is 0. The van der Waals surface area contributed by atoms with Gasteiger partial charge in [0.05, 0.1) is 27.2 Å². The molecule has 0 atom stereocenters. The van der Waals surface area contributed by atoms with Crippen LogP contribution in [0.5, 0.6) is 0 Å². The van der Waals surface area contributed by atoms with E-state index in [-0.39, 0.29) is 22.8 Å². The number of quaternary nitrogens is 1. The summed E-state index contributed by atoms with van der Waals surface area (Å²) in [6, 6.07) is 0. The second-order valence-corrected chi connectivity index (χ2v) is 8.75. The van der Waals surface area contributed by atoms with Crippen LogP contribution in [0.3, 0.4) is 0 Å². The third-order valence-corrected chi connectivity index (χ3v) is 5.53. The monoisotopic (exact) mass is 445 g/mol. The lowest BCUT2D eigenvalue weighted by atomic mass is 10.0. The molecule has 0 saturated carbocycles. The van der Waals surface area contributed by atoms with Crippen LogP contribution < -0.4 is 17.0 Å². The van der Waals surface area contributed by atoms with Gasteiger partial charge in [-0.1, -0.05) is 90.6 Å². The van der Waals surface area contributed by atoms with E-state index in [1.807, 2.05) is 0 Å². The number of ketones is 1. The van der Waals surface area contributed by atoms with Gasteiger partial charge < -0.3 is 21.5 Å². The fourth-order valence-corrected chi connectivity index (χ4v) is 3.63. The number of hydrogen-bond acceptors (Lipinski definition) is 1. The summed E-state index contributed by atoms with van der Waals surface area (Å²) < 4.78 is 1.04. The second-order valence-electron chi connectivity index (χ2n) is 8.75. The smallest absolute Gasteiger partial charge is 0.155 e. The molecule has 0 rings (SSSR count). The van der Waals surface area contributed by atoms with Crippen LogP contribution in [0.2, 0.25) is 0 Å². The molecule has 0 radical (unpaired) electrons. The Labute approximate surface area is 181 Å². The van der Waals surface area contributed by atoms with Crippen molar-refractivity contribution in [3.05, 3.63) is 12.7 Å². The molecule has 0 aliphatic carbocycles. The van der Waals surface area contributed by atoms with Crippen molar-refractivity contribution in [1.29, 1.82) is 0 Å². The zero-order valence-electron chi connectivity index (χ0n) is 18.7. The maximum Gasteiger partial charge on any atom is 0.155 e.